The minimum Gasteiger partial charge on any atom is -0.389 e. The zero-order chi connectivity index (χ0) is 7.56. The SMILES string of the molecule is CCc1ncc(C(N)=S)s1. The van der Waals surface area contributed by atoms with Crippen molar-refractivity contribution in [2.45, 2.75) is 13.3 Å². The third kappa shape index (κ3) is 1.52. The Morgan fingerprint density at radius 1 is 1.90 bits per heavy atom. The van der Waals surface area contributed by atoms with Gasteiger partial charge < -0.3 is 5.73 Å². The summed E-state index contributed by atoms with van der Waals surface area (Å²) in [5.41, 5.74) is 5.38. The Labute approximate surface area is 69.1 Å². The van der Waals surface area contributed by atoms with E-state index in [9.17, 15) is 0 Å². The van der Waals surface area contributed by atoms with Gasteiger partial charge in [0.2, 0.25) is 0 Å². The van der Waals surface area contributed by atoms with Crippen molar-refractivity contribution in [2.75, 3.05) is 0 Å². The van der Waals surface area contributed by atoms with Gasteiger partial charge >= 0.3 is 0 Å². The minimum absolute atomic E-state index is 0.442. The molecular weight excluding hydrogens is 164 g/mol. The first-order valence-electron chi connectivity index (χ1n) is 2.98. The highest BCUT2D eigenvalue weighted by Gasteiger charge is 2.00. The normalized spacial score (nSPS) is 9.70. The summed E-state index contributed by atoms with van der Waals surface area (Å²) in [5, 5.41) is 1.09. The van der Waals surface area contributed by atoms with Crippen LogP contribution >= 0.6 is 23.6 Å². The fourth-order valence-electron chi connectivity index (χ4n) is 0.588. The van der Waals surface area contributed by atoms with E-state index in [2.05, 4.69) is 11.9 Å². The third-order valence-electron chi connectivity index (χ3n) is 1.10. The fourth-order valence-corrected chi connectivity index (χ4v) is 1.47. The number of hydrogen-bond acceptors (Lipinski definition) is 3. The van der Waals surface area contributed by atoms with E-state index in [1.165, 1.54) is 0 Å². The molecule has 1 rings (SSSR count). The van der Waals surface area contributed by atoms with Gasteiger partial charge in [-0.05, 0) is 6.42 Å². The molecule has 0 bridgehead atoms. The zero-order valence-corrected chi connectivity index (χ0v) is 7.26. The molecule has 1 aromatic heterocycles. The maximum atomic E-state index is 5.38. The number of rotatable bonds is 2. The van der Waals surface area contributed by atoms with Crippen LogP contribution in [0.2, 0.25) is 0 Å². The largest absolute Gasteiger partial charge is 0.389 e. The van der Waals surface area contributed by atoms with Gasteiger partial charge in [-0.3, -0.25) is 0 Å². The van der Waals surface area contributed by atoms with Crippen LogP contribution < -0.4 is 5.73 Å². The molecule has 0 spiro atoms. The lowest BCUT2D eigenvalue weighted by atomic mass is 10.5. The molecule has 0 saturated heterocycles. The van der Waals surface area contributed by atoms with Gasteiger partial charge in [-0.2, -0.15) is 0 Å². The lowest BCUT2D eigenvalue weighted by Crippen LogP contribution is -2.06. The summed E-state index contributed by atoms with van der Waals surface area (Å²) in [6.07, 6.45) is 2.68. The molecule has 10 heavy (non-hydrogen) atoms. The molecule has 0 atom stereocenters. The van der Waals surface area contributed by atoms with Crippen LogP contribution in [0.5, 0.6) is 0 Å². The Hall–Kier alpha value is -0.480. The van der Waals surface area contributed by atoms with Crippen molar-refractivity contribution in [3.05, 3.63) is 16.1 Å². The molecule has 2 N–H and O–H groups in total. The standard InChI is InChI=1S/C6H8N2S2/c1-2-5-8-3-4(10-5)6(7)9/h3H,2H2,1H3,(H2,7,9). The number of hydrogen-bond donors (Lipinski definition) is 1. The molecule has 0 aromatic carbocycles. The van der Waals surface area contributed by atoms with E-state index < -0.39 is 0 Å². The Morgan fingerprint density at radius 3 is 2.90 bits per heavy atom. The first-order chi connectivity index (χ1) is 4.74. The molecule has 54 valence electrons. The molecule has 1 heterocycles. The van der Waals surface area contributed by atoms with E-state index in [4.69, 9.17) is 18.0 Å². The number of thiazole rings is 1. The molecule has 0 aliphatic heterocycles. The van der Waals surface area contributed by atoms with Crippen molar-refractivity contribution in [1.29, 1.82) is 0 Å². The first-order valence-corrected chi connectivity index (χ1v) is 4.21. The van der Waals surface area contributed by atoms with E-state index in [-0.39, 0.29) is 0 Å². The molecule has 0 aliphatic rings. The Balaban J connectivity index is 2.88. The van der Waals surface area contributed by atoms with Gasteiger partial charge in [-0.15, -0.1) is 11.3 Å². The molecule has 1 aromatic rings. The number of aryl methyl sites for hydroxylation is 1. The van der Waals surface area contributed by atoms with Crippen molar-refractivity contribution >= 4 is 28.5 Å². The average Bonchev–Trinajstić information content (AvgIpc) is 2.34. The molecule has 0 aliphatic carbocycles. The van der Waals surface area contributed by atoms with Crippen molar-refractivity contribution < 1.29 is 0 Å². The first kappa shape index (κ1) is 7.63. The van der Waals surface area contributed by atoms with Crippen LogP contribution in [0.25, 0.3) is 0 Å². The Kier molecular flexibility index (Phi) is 2.34. The maximum Gasteiger partial charge on any atom is 0.115 e. The van der Waals surface area contributed by atoms with Crippen LogP contribution in [-0.2, 0) is 6.42 Å². The summed E-state index contributed by atoms with van der Waals surface area (Å²) in [7, 11) is 0. The monoisotopic (exact) mass is 172 g/mol. The van der Waals surface area contributed by atoms with Crippen LogP contribution in [0.15, 0.2) is 6.20 Å². The second kappa shape index (κ2) is 3.07. The summed E-state index contributed by atoms with van der Waals surface area (Å²) >= 11 is 6.34. The fraction of sp³-hybridized carbons (Fsp3) is 0.333. The predicted octanol–water partition coefficient (Wildman–Crippen LogP) is 1.34. The van der Waals surface area contributed by atoms with Gasteiger partial charge in [0.15, 0.2) is 0 Å². The molecule has 0 amide bonds. The van der Waals surface area contributed by atoms with Crippen molar-refractivity contribution in [3.8, 4) is 0 Å². The van der Waals surface area contributed by atoms with Gasteiger partial charge in [0, 0.05) is 6.20 Å². The highest BCUT2D eigenvalue weighted by molar-refractivity contribution is 7.81. The topological polar surface area (TPSA) is 38.9 Å². The van der Waals surface area contributed by atoms with E-state index in [0.29, 0.717) is 4.99 Å². The maximum absolute atomic E-state index is 5.38. The lowest BCUT2D eigenvalue weighted by molar-refractivity contribution is 1.09. The average molecular weight is 172 g/mol. The second-order valence-electron chi connectivity index (χ2n) is 1.84. The zero-order valence-electron chi connectivity index (χ0n) is 5.63. The number of nitrogens with two attached hydrogens (primary N) is 1. The summed E-state index contributed by atoms with van der Waals surface area (Å²) in [5.74, 6) is 0. The van der Waals surface area contributed by atoms with E-state index in [1.54, 1.807) is 17.5 Å². The van der Waals surface area contributed by atoms with Crippen LogP contribution in [0.1, 0.15) is 16.8 Å². The number of aromatic nitrogens is 1. The lowest BCUT2D eigenvalue weighted by Gasteiger charge is -1.85. The van der Waals surface area contributed by atoms with E-state index >= 15 is 0 Å². The van der Waals surface area contributed by atoms with Gasteiger partial charge in [0.05, 0.1) is 9.88 Å². The Bertz CT molecular complexity index is 242. The summed E-state index contributed by atoms with van der Waals surface area (Å²) in [6, 6.07) is 0. The smallest absolute Gasteiger partial charge is 0.115 e. The summed E-state index contributed by atoms with van der Waals surface area (Å²) < 4.78 is 0. The van der Waals surface area contributed by atoms with E-state index in [1.807, 2.05) is 0 Å². The summed E-state index contributed by atoms with van der Waals surface area (Å²) in [4.78, 5) is 5.46. The van der Waals surface area contributed by atoms with Gasteiger partial charge in [-0.25, -0.2) is 4.98 Å². The van der Waals surface area contributed by atoms with Crippen LogP contribution in [0.3, 0.4) is 0 Å². The van der Waals surface area contributed by atoms with Crippen LogP contribution in [-0.4, -0.2) is 9.97 Å². The molecular formula is C6H8N2S2. The van der Waals surface area contributed by atoms with Crippen LogP contribution in [0.4, 0.5) is 0 Å². The van der Waals surface area contributed by atoms with Gasteiger partial charge in [0.1, 0.15) is 4.99 Å². The highest BCUT2D eigenvalue weighted by Crippen LogP contribution is 2.12. The minimum atomic E-state index is 0.442. The Morgan fingerprint density at radius 2 is 2.60 bits per heavy atom. The highest BCUT2D eigenvalue weighted by atomic mass is 32.1. The van der Waals surface area contributed by atoms with Crippen molar-refractivity contribution in [2.24, 2.45) is 5.73 Å². The number of nitrogens with zero attached hydrogens (tertiary/aromatic N) is 1. The summed E-state index contributed by atoms with van der Waals surface area (Å²) in [6.45, 7) is 2.06. The van der Waals surface area contributed by atoms with Crippen molar-refractivity contribution in [1.82, 2.24) is 4.98 Å². The third-order valence-corrected chi connectivity index (χ3v) is 2.62. The van der Waals surface area contributed by atoms with E-state index in [0.717, 1.165) is 16.3 Å². The molecule has 0 radical (unpaired) electrons. The quantitative estimate of drug-likeness (QED) is 0.684. The molecule has 0 saturated carbocycles. The predicted molar refractivity (Wildman–Crippen MR) is 47.4 cm³/mol. The van der Waals surface area contributed by atoms with Gasteiger partial charge in [0.25, 0.3) is 0 Å². The number of thiocarbonyl (C=S) groups is 1. The van der Waals surface area contributed by atoms with Crippen molar-refractivity contribution in [3.63, 3.8) is 0 Å². The molecule has 2 nitrogen and oxygen atoms in total. The van der Waals surface area contributed by atoms with Gasteiger partial charge in [-0.1, -0.05) is 19.1 Å². The molecule has 4 heteroatoms. The molecule has 0 fully saturated rings. The second-order valence-corrected chi connectivity index (χ2v) is 3.39. The molecule has 0 unspecified atom stereocenters. The van der Waals surface area contributed by atoms with Crippen LogP contribution in [0, 0.1) is 0 Å².